The first-order valence-corrected chi connectivity index (χ1v) is 9.58. The molecule has 0 saturated heterocycles. The third kappa shape index (κ3) is 6.38. The summed E-state index contributed by atoms with van der Waals surface area (Å²) in [6, 6.07) is 8.70. The van der Waals surface area contributed by atoms with Crippen LogP contribution in [0, 0.1) is 5.41 Å². The number of nitrogen functional groups attached to an aromatic ring is 2. The van der Waals surface area contributed by atoms with E-state index in [0.29, 0.717) is 6.54 Å². The smallest absolute Gasteiger partial charge is 0.280 e. The molecule has 1 aromatic carbocycles. The van der Waals surface area contributed by atoms with E-state index in [1.165, 1.54) is 11.1 Å². The van der Waals surface area contributed by atoms with Crippen LogP contribution in [-0.4, -0.2) is 28.4 Å². The second-order valence-corrected chi connectivity index (χ2v) is 6.77. The Balaban J connectivity index is 1.70. The standard InChI is InChI=1S/C19H26ClN7O/c1-2-5-12-7-9-13(10-8-12)6-3-4-11-24-19(23)27-18(28)14-16(21)26-17(22)15(20)25-14/h7-10H,2-6,11H2,1H3,(H4,21,22,26)(H3,23,24,27,28). The highest BCUT2D eigenvalue weighted by Gasteiger charge is 2.16. The molecule has 0 spiro atoms. The number of guanidine groups is 1. The summed E-state index contributed by atoms with van der Waals surface area (Å²) >= 11 is 5.76. The Hall–Kier alpha value is -2.87. The number of hydrogen-bond donors (Lipinski definition) is 5. The van der Waals surface area contributed by atoms with Crippen molar-refractivity contribution < 1.29 is 4.79 Å². The molecule has 0 unspecified atom stereocenters. The number of aryl methyl sites for hydroxylation is 2. The van der Waals surface area contributed by atoms with Gasteiger partial charge >= 0.3 is 0 Å². The molecule has 0 aliphatic heterocycles. The summed E-state index contributed by atoms with van der Waals surface area (Å²) in [6.45, 7) is 2.74. The van der Waals surface area contributed by atoms with Crippen LogP contribution in [0.1, 0.15) is 47.8 Å². The number of amides is 1. The van der Waals surface area contributed by atoms with E-state index < -0.39 is 5.91 Å². The number of anilines is 2. The zero-order chi connectivity index (χ0) is 20.5. The monoisotopic (exact) mass is 403 g/mol. The van der Waals surface area contributed by atoms with Crippen LogP contribution in [0.25, 0.3) is 0 Å². The SMILES string of the molecule is CCCc1ccc(CCCCNC(=N)NC(=O)c2nc(Cl)c(N)nc2N)cc1. The number of aromatic nitrogens is 2. The molecule has 0 atom stereocenters. The summed E-state index contributed by atoms with van der Waals surface area (Å²) in [5.74, 6) is -0.999. The van der Waals surface area contributed by atoms with E-state index in [0.717, 1.165) is 32.1 Å². The van der Waals surface area contributed by atoms with Crippen LogP contribution in [-0.2, 0) is 12.8 Å². The molecule has 1 amide bonds. The predicted molar refractivity (Wildman–Crippen MR) is 112 cm³/mol. The molecule has 0 aliphatic carbocycles. The van der Waals surface area contributed by atoms with E-state index in [-0.39, 0.29) is 28.4 Å². The minimum Gasteiger partial charge on any atom is -0.382 e. The van der Waals surface area contributed by atoms with Crippen LogP contribution >= 0.6 is 11.6 Å². The number of hydrogen-bond acceptors (Lipinski definition) is 6. The molecule has 9 heteroatoms. The largest absolute Gasteiger partial charge is 0.382 e. The Bertz CT molecular complexity index is 824. The van der Waals surface area contributed by atoms with Gasteiger partial charge in [-0.15, -0.1) is 0 Å². The lowest BCUT2D eigenvalue weighted by Crippen LogP contribution is -2.41. The molecule has 0 fully saturated rings. The Kier molecular flexibility index (Phi) is 8.01. The highest BCUT2D eigenvalue weighted by atomic mass is 35.5. The maximum absolute atomic E-state index is 12.1. The zero-order valence-corrected chi connectivity index (χ0v) is 16.6. The second-order valence-electron chi connectivity index (χ2n) is 6.41. The first-order valence-electron chi connectivity index (χ1n) is 9.20. The van der Waals surface area contributed by atoms with E-state index >= 15 is 0 Å². The number of benzene rings is 1. The van der Waals surface area contributed by atoms with Crippen molar-refractivity contribution in [3.05, 3.63) is 46.2 Å². The number of nitrogens with one attached hydrogen (secondary N) is 3. The lowest BCUT2D eigenvalue weighted by Gasteiger charge is -2.10. The van der Waals surface area contributed by atoms with E-state index in [1.807, 2.05) is 0 Å². The van der Waals surface area contributed by atoms with Gasteiger partial charge in [0.25, 0.3) is 5.91 Å². The molecule has 0 saturated carbocycles. The molecule has 0 aliphatic rings. The number of carbonyl (C=O) groups is 1. The molecule has 7 N–H and O–H groups in total. The molecule has 0 radical (unpaired) electrons. The van der Waals surface area contributed by atoms with Crippen molar-refractivity contribution in [2.45, 2.75) is 39.0 Å². The van der Waals surface area contributed by atoms with Gasteiger partial charge in [0.1, 0.15) is 0 Å². The summed E-state index contributed by atoms with van der Waals surface area (Å²) in [4.78, 5) is 19.7. The van der Waals surface area contributed by atoms with E-state index in [4.69, 9.17) is 28.5 Å². The van der Waals surface area contributed by atoms with Crippen LogP contribution < -0.4 is 22.1 Å². The summed E-state index contributed by atoms with van der Waals surface area (Å²) in [5, 5.41) is 12.9. The summed E-state index contributed by atoms with van der Waals surface area (Å²) in [6.07, 6.45) is 5.08. The van der Waals surface area contributed by atoms with Gasteiger partial charge in [0.05, 0.1) is 0 Å². The fourth-order valence-corrected chi connectivity index (χ4v) is 2.78. The van der Waals surface area contributed by atoms with Gasteiger partial charge in [-0.2, -0.15) is 0 Å². The van der Waals surface area contributed by atoms with Gasteiger partial charge in [-0.1, -0.05) is 49.2 Å². The molecule has 1 aromatic heterocycles. The summed E-state index contributed by atoms with van der Waals surface area (Å²) in [5.41, 5.74) is 13.6. The maximum Gasteiger partial charge on any atom is 0.280 e. The van der Waals surface area contributed by atoms with Crippen LogP contribution in [0.3, 0.4) is 0 Å². The molecule has 1 heterocycles. The van der Waals surface area contributed by atoms with E-state index in [1.54, 1.807) is 0 Å². The van der Waals surface area contributed by atoms with Gasteiger partial charge < -0.3 is 16.8 Å². The Morgan fingerprint density at radius 2 is 1.71 bits per heavy atom. The lowest BCUT2D eigenvalue weighted by atomic mass is 10.0. The summed E-state index contributed by atoms with van der Waals surface area (Å²) < 4.78 is 0. The van der Waals surface area contributed by atoms with Crippen LogP contribution in [0.5, 0.6) is 0 Å². The van der Waals surface area contributed by atoms with Gasteiger partial charge in [0, 0.05) is 6.54 Å². The molecule has 28 heavy (non-hydrogen) atoms. The van der Waals surface area contributed by atoms with Crippen LogP contribution in [0.4, 0.5) is 11.6 Å². The molecule has 2 rings (SSSR count). The van der Waals surface area contributed by atoms with Crippen molar-refractivity contribution in [2.24, 2.45) is 0 Å². The number of carbonyl (C=O) groups excluding carboxylic acids is 1. The number of nitrogens with zero attached hydrogens (tertiary/aromatic N) is 2. The van der Waals surface area contributed by atoms with Crippen molar-refractivity contribution >= 4 is 35.1 Å². The van der Waals surface area contributed by atoms with Gasteiger partial charge in [0.2, 0.25) is 0 Å². The molecule has 8 nitrogen and oxygen atoms in total. The van der Waals surface area contributed by atoms with Crippen molar-refractivity contribution in [1.82, 2.24) is 20.6 Å². The van der Waals surface area contributed by atoms with Gasteiger partial charge in [0.15, 0.2) is 28.4 Å². The van der Waals surface area contributed by atoms with Crippen molar-refractivity contribution in [1.29, 1.82) is 5.41 Å². The Morgan fingerprint density at radius 1 is 1.07 bits per heavy atom. The van der Waals surface area contributed by atoms with Crippen molar-refractivity contribution in [3.63, 3.8) is 0 Å². The fraction of sp³-hybridized carbons (Fsp3) is 0.368. The third-order valence-electron chi connectivity index (χ3n) is 4.11. The maximum atomic E-state index is 12.1. The molecule has 0 bridgehead atoms. The lowest BCUT2D eigenvalue weighted by molar-refractivity contribution is 0.0971. The van der Waals surface area contributed by atoms with Crippen LogP contribution in [0.2, 0.25) is 5.15 Å². The first kappa shape index (κ1) is 21.4. The Labute approximate surface area is 169 Å². The minimum atomic E-state index is -0.670. The number of unbranched alkanes of at least 4 members (excludes halogenated alkanes) is 1. The highest BCUT2D eigenvalue weighted by Crippen LogP contribution is 2.17. The normalized spacial score (nSPS) is 10.5. The van der Waals surface area contributed by atoms with E-state index in [9.17, 15) is 4.79 Å². The zero-order valence-electron chi connectivity index (χ0n) is 15.9. The van der Waals surface area contributed by atoms with Crippen molar-refractivity contribution in [2.75, 3.05) is 18.0 Å². The van der Waals surface area contributed by atoms with Gasteiger partial charge in [-0.3, -0.25) is 15.5 Å². The number of halogens is 1. The fourth-order valence-electron chi connectivity index (χ4n) is 2.65. The highest BCUT2D eigenvalue weighted by molar-refractivity contribution is 6.31. The first-order chi connectivity index (χ1) is 13.4. The molecular formula is C19H26ClN7O. The number of nitrogens with two attached hydrogens (primary N) is 2. The summed E-state index contributed by atoms with van der Waals surface area (Å²) in [7, 11) is 0. The van der Waals surface area contributed by atoms with Gasteiger partial charge in [-0.25, -0.2) is 9.97 Å². The molecule has 2 aromatic rings. The average molecular weight is 404 g/mol. The third-order valence-corrected chi connectivity index (χ3v) is 4.39. The van der Waals surface area contributed by atoms with Crippen LogP contribution in [0.15, 0.2) is 24.3 Å². The molecular weight excluding hydrogens is 378 g/mol. The second kappa shape index (κ2) is 10.5. The van der Waals surface area contributed by atoms with Crippen molar-refractivity contribution in [3.8, 4) is 0 Å². The Morgan fingerprint density at radius 3 is 2.36 bits per heavy atom. The minimum absolute atomic E-state index is 0.0519. The average Bonchev–Trinajstić information content (AvgIpc) is 2.66. The quantitative estimate of drug-likeness (QED) is 0.260. The topological polar surface area (TPSA) is 143 Å². The molecule has 150 valence electrons. The van der Waals surface area contributed by atoms with E-state index in [2.05, 4.69) is 51.8 Å². The number of rotatable bonds is 8. The predicted octanol–water partition coefficient (Wildman–Crippen LogP) is 2.52. The van der Waals surface area contributed by atoms with Gasteiger partial charge in [-0.05, 0) is 36.8 Å².